The van der Waals surface area contributed by atoms with Crippen LogP contribution in [0.25, 0.3) is 11.3 Å². The van der Waals surface area contributed by atoms with Gasteiger partial charge >= 0.3 is 18.1 Å². The van der Waals surface area contributed by atoms with Gasteiger partial charge in [-0.25, -0.2) is 14.7 Å². The van der Waals surface area contributed by atoms with E-state index < -0.39 is 23.7 Å². The minimum absolute atomic E-state index is 0.0568. The average Bonchev–Trinajstić information content (AvgIpc) is 3.59. The lowest BCUT2D eigenvalue weighted by molar-refractivity contribution is -0.192. The second-order valence-corrected chi connectivity index (χ2v) is 10.5. The summed E-state index contributed by atoms with van der Waals surface area (Å²) in [5, 5.41) is 41.4. The predicted molar refractivity (Wildman–Crippen MR) is 138 cm³/mol. The molecule has 2 heterocycles. The first-order chi connectivity index (χ1) is 19.4. The molecule has 2 fully saturated rings. The predicted octanol–water partition coefficient (Wildman–Crippen LogP) is 4.80. The Hall–Kier alpha value is -3.94. The molecule has 2 saturated carbocycles. The van der Waals surface area contributed by atoms with Gasteiger partial charge in [0.05, 0.1) is 17.8 Å². The molecule has 0 saturated heterocycles. The molecule has 2 aliphatic carbocycles. The molecule has 11 nitrogen and oxygen atoms in total. The van der Waals surface area contributed by atoms with Crippen LogP contribution in [0, 0.1) is 0 Å². The first-order valence-corrected chi connectivity index (χ1v) is 13.4. The van der Waals surface area contributed by atoms with Crippen LogP contribution in [0.15, 0.2) is 36.5 Å². The van der Waals surface area contributed by atoms with Crippen LogP contribution in [0.4, 0.5) is 13.2 Å². The number of aromatic nitrogens is 5. The summed E-state index contributed by atoms with van der Waals surface area (Å²) in [6.45, 7) is 0.538. The molecule has 41 heavy (non-hydrogen) atoms. The van der Waals surface area contributed by atoms with Crippen molar-refractivity contribution >= 4 is 11.9 Å². The van der Waals surface area contributed by atoms with E-state index in [9.17, 15) is 23.1 Å². The van der Waals surface area contributed by atoms with Crippen LogP contribution < -0.4 is 4.74 Å². The molecule has 0 unspecified atom stereocenters. The van der Waals surface area contributed by atoms with Gasteiger partial charge in [0.1, 0.15) is 6.10 Å². The molecule has 14 heteroatoms. The number of nitrogens with zero attached hydrogens (tertiary/aromatic N) is 4. The maximum Gasteiger partial charge on any atom is 0.490 e. The van der Waals surface area contributed by atoms with Crippen molar-refractivity contribution in [3.63, 3.8) is 0 Å². The summed E-state index contributed by atoms with van der Waals surface area (Å²) in [5.74, 6) is -3.37. The number of rotatable bonds is 7. The molecular formula is C27H32F3N5O6. The van der Waals surface area contributed by atoms with Crippen LogP contribution in [0.2, 0.25) is 0 Å². The van der Waals surface area contributed by atoms with Crippen LogP contribution in [-0.2, 0) is 11.3 Å². The van der Waals surface area contributed by atoms with E-state index in [4.69, 9.17) is 19.7 Å². The minimum Gasteiger partial charge on any atom is -0.476 e. The maximum atomic E-state index is 11.2. The van der Waals surface area contributed by atoms with Crippen molar-refractivity contribution in [1.29, 1.82) is 0 Å². The van der Waals surface area contributed by atoms with Crippen LogP contribution in [-0.4, -0.2) is 70.3 Å². The summed E-state index contributed by atoms with van der Waals surface area (Å²) in [6.07, 6.45) is 5.31. The molecule has 0 aliphatic heterocycles. The van der Waals surface area contributed by atoms with Gasteiger partial charge in [0.2, 0.25) is 5.69 Å². The Morgan fingerprint density at radius 3 is 2.24 bits per heavy atom. The average molecular weight is 580 g/mol. The minimum atomic E-state index is -5.08. The number of benzene rings is 1. The van der Waals surface area contributed by atoms with Crippen molar-refractivity contribution in [2.45, 2.75) is 88.1 Å². The number of carboxylic acid groups (broad SMARTS) is 2. The van der Waals surface area contributed by atoms with Gasteiger partial charge in [-0.2, -0.15) is 18.3 Å². The number of ether oxygens (including phenoxy) is 1. The summed E-state index contributed by atoms with van der Waals surface area (Å²) < 4.78 is 39.5. The Morgan fingerprint density at radius 1 is 1.02 bits per heavy atom. The molecule has 4 N–H and O–H groups in total. The third-order valence-electron chi connectivity index (χ3n) is 7.55. The lowest BCUT2D eigenvalue weighted by atomic mass is 9.82. The molecule has 2 aromatic heterocycles. The number of aromatic carboxylic acids is 1. The topological polar surface area (TPSA) is 163 Å². The van der Waals surface area contributed by atoms with Gasteiger partial charge in [0.25, 0.3) is 5.88 Å². The third kappa shape index (κ3) is 7.84. The van der Waals surface area contributed by atoms with Crippen LogP contribution in [0.3, 0.4) is 0 Å². The van der Waals surface area contributed by atoms with Gasteiger partial charge in [0, 0.05) is 6.20 Å². The van der Waals surface area contributed by atoms with E-state index in [1.165, 1.54) is 12.0 Å². The number of aliphatic hydroxyl groups is 1. The maximum absolute atomic E-state index is 11.2. The number of alkyl halides is 3. The van der Waals surface area contributed by atoms with Gasteiger partial charge in [-0.15, -0.1) is 0 Å². The number of H-pyrrole nitrogens is 1. The van der Waals surface area contributed by atoms with E-state index in [0.29, 0.717) is 12.5 Å². The summed E-state index contributed by atoms with van der Waals surface area (Å²) in [7, 11) is 0. The number of aliphatic carboxylic acids is 1. The summed E-state index contributed by atoms with van der Waals surface area (Å²) in [4.78, 5) is 20.1. The van der Waals surface area contributed by atoms with Crippen LogP contribution >= 0.6 is 0 Å². The molecular weight excluding hydrogens is 547 g/mol. The smallest absolute Gasteiger partial charge is 0.476 e. The fourth-order valence-corrected chi connectivity index (χ4v) is 5.39. The molecule has 0 spiro atoms. The van der Waals surface area contributed by atoms with Crippen LogP contribution in [0.1, 0.15) is 79.8 Å². The number of halogens is 3. The molecule has 5 rings (SSSR count). The number of carboxylic acids is 2. The Balaban J connectivity index is 0.000000493. The van der Waals surface area contributed by atoms with E-state index in [1.807, 2.05) is 10.7 Å². The van der Waals surface area contributed by atoms with Crippen molar-refractivity contribution in [3.05, 3.63) is 47.8 Å². The molecule has 0 radical (unpaired) electrons. The largest absolute Gasteiger partial charge is 0.490 e. The van der Waals surface area contributed by atoms with E-state index in [1.54, 1.807) is 6.20 Å². The van der Waals surface area contributed by atoms with Gasteiger partial charge in [-0.05, 0) is 61.6 Å². The molecule has 2 aliphatic rings. The third-order valence-corrected chi connectivity index (χ3v) is 7.55. The van der Waals surface area contributed by atoms with E-state index in [0.717, 1.165) is 62.6 Å². The molecule has 222 valence electrons. The van der Waals surface area contributed by atoms with Crippen LogP contribution in [0.5, 0.6) is 5.88 Å². The quantitative estimate of drug-likeness (QED) is 0.308. The fourth-order valence-electron chi connectivity index (χ4n) is 5.39. The van der Waals surface area contributed by atoms with E-state index >= 15 is 0 Å². The Kier molecular flexibility index (Phi) is 9.31. The van der Waals surface area contributed by atoms with Gasteiger partial charge in [-0.1, -0.05) is 53.8 Å². The Labute approximate surface area is 233 Å². The SMILES string of the molecule is O=C(O)C(F)(F)F.O=C(O)c1[nH]nnc1O[C@H]1CC[C@H](c2ccc(-c3ccnn3CC3(O)CCCCC3)cc2)CC1. The first kappa shape index (κ1) is 30.0. The zero-order valence-electron chi connectivity index (χ0n) is 22.2. The summed E-state index contributed by atoms with van der Waals surface area (Å²) in [6, 6.07) is 10.7. The highest BCUT2D eigenvalue weighted by atomic mass is 19.4. The number of hydrogen-bond acceptors (Lipinski definition) is 7. The van der Waals surface area contributed by atoms with E-state index in [-0.39, 0.29) is 17.7 Å². The number of nitrogens with one attached hydrogen (secondary N) is 1. The molecule has 1 aromatic carbocycles. The highest BCUT2D eigenvalue weighted by Crippen LogP contribution is 2.36. The molecule has 0 atom stereocenters. The highest BCUT2D eigenvalue weighted by molar-refractivity contribution is 5.87. The van der Waals surface area contributed by atoms with E-state index in [2.05, 4.69) is 44.8 Å². The van der Waals surface area contributed by atoms with Gasteiger partial charge in [0.15, 0.2) is 0 Å². The number of aromatic amines is 1. The molecule has 3 aromatic rings. The van der Waals surface area contributed by atoms with Gasteiger partial charge in [-0.3, -0.25) is 4.68 Å². The Bertz CT molecular complexity index is 1310. The van der Waals surface area contributed by atoms with Crippen molar-refractivity contribution in [2.75, 3.05) is 0 Å². The Morgan fingerprint density at radius 2 is 1.66 bits per heavy atom. The van der Waals surface area contributed by atoms with Crippen molar-refractivity contribution < 1.29 is 42.8 Å². The number of carbonyl (C=O) groups is 2. The zero-order chi connectivity index (χ0) is 29.6. The van der Waals surface area contributed by atoms with Crippen molar-refractivity contribution in [3.8, 4) is 17.1 Å². The number of hydrogen-bond donors (Lipinski definition) is 4. The molecule has 0 amide bonds. The fraction of sp³-hybridized carbons (Fsp3) is 0.519. The summed E-state index contributed by atoms with van der Waals surface area (Å²) in [5.41, 5.74) is 2.67. The monoisotopic (exact) mass is 579 g/mol. The lowest BCUT2D eigenvalue weighted by Gasteiger charge is -2.32. The second-order valence-electron chi connectivity index (χ2n) is 10.5. The van der Waals surface area contributed by atoms with Crippen molar-refractivity contribution in [1.82, 2.24) is 25.2 Å². The standard InChI is InChI=1S/C25H31N5O4.C2HF3O2/c31-24(32)22-23(28-29-27-22)34-20-10-8-18(9-11-20)17-4-6-19(7-5-17)21-12-15-26-30(21)16-25(33)13-2-1-3-14-25;3-2(4,5)1(6)7/h4-7,12,15,18,20,33H,1-3,8-11,13-14,16H2,(H,31,32)(H,27,28,29);(H,6,7)/t18-,20-;. The second kappa shape index (κ2) is 12.7. The van der Waals surface area contributed by atoms with Gasteiger partial charge < -0.3 is 20.1 Å². The van der Waals surface area contributed by atoms with Crippen molar-refractivity contribution in [2.24, 2.45) is 0 Å². The summed E-state index contributed by atoms with van der Waals surface area (Å²) >= 11 is 0. The zero-order valence-corrected chi connectivity index (χ0v) is 22.2. The highest BCUT2D eigenvalue weighted by Gasteiger charge is 2.38. The molecule has 0 bridgehead atoms. The first-order valence-electron chi connectivity index (χ1n) is 13.4. The normalized spacial score (nSPS) is 20.5. The lowest BCUT2D eigenvalue weighted by Crippen LogP contribution is -2.36.